The molecule has 8 heteroatoms. The lowest BCUT2D eigenvalue weighted by Crippen LogP contribution is -2.22. The normalized spacial score (nSPS) is 15.9. The first-order chi connectivity index (χ1) is 11.9. The lowest BCUT2D eigenvalue weighted by molar-refractivity contribution is -0.121. The number of furan rings is 1. The fourth-order valence-electron chi connectivity index (χ4n) is 2.08. The topological polar surface area (TPSA) is 97.1 Å². The Hall–Kier alpha value is -3.00. The van der Waals surface area contributed by atoms with Gasteiger partial charge in [0.1, 0.15) is 18.1 Å². The number of nitrogens with zero attached hydrogens (tertiary/aromatic N) is 1. The van der Waals surface area contributed by atoms with E-state index in [1.807, 2.05) is 0 Å². The maximum Gasteiger partial charge on any atom is 0.371 e. The molecule has 25 heavy (non-hydrogen) atoms. The first-order valence-corrected chi connectivity index (χ1v) is 8.02. The number of carbonyl (C=O) groups is 3. The summed E-state index contributed by atoms with van der Waals surface area (Å²) in [5, 5.41) is 8.50. The average Bonchev–Trinajstić information content (AvgIpc) is 3.16. The number of carbonyl (C=O) groups excluding carboxylic acids is 2. The molecule has 1 aromatic heterocycles. The summed E-state index contributed by atoms with van der Waals surface area (Å²) < 4.78 is 10.6. The number of amides is 2. The molecule has 1 fully saturated rings. The molecule has 2 heterocycles. The zero-order valence-corrected chi connectivity index (χ0v) is 13.9. The Morgan fingerprint density at radius 1 is 1.24 bits per heavy atom. The van der Waals surface area contributed by atoms with Crippen LogP contribution in [0.3, 0.4) is 0 Å². The number of rotatable bonds is 5. The van der Waals surface area contributed by atoms with E-state index in [1.165, 1.54) is 13.1 Å². The minimum atomic E-state index is -1.13. The van der Waals surface area contributed by atoms with Gasteiger partial charge in [-0.25, -0.2) is 4.79 Å². The zero-order chi connectivity index (χ0) is 18.0. The molecule has 1 aliphatic heterocycles. The van der Waals surface area contributed by atoms with Gasteiger partial charge in [-0.05, 0) is 47.7 Å². The van der Waals surface area contributed by atoms with Crippen LogP contribution in [0.1, 0.15) is 21.9 Å². The molecular formula is C17H13NO6S. The average molecular weight is 359 g/mol. The van der Waals surface area contributed by atoms with Crippen molar-refractivity contribution in [3.8, 4) is 5.75 Å². The van der Waals surface area contributed by atoms with Crippen LogP contribution < -0.4 is 4.74 Å². The molecule has 1 aliphatic rings. The Labute approximate surface area is 146 Å². The van der Waals surface area contributed by atoms with Crippen LogP contribution in [0.15, 0.2) is 45.7 Å². The molecule has 1 saturated heterocycles. The molecule has 2 amide bonds. The maximum absolute atomic E-state index is 11.8. The fraction of sp³-hybridized carbons (Fsp3) is 0.118. The number of carboxylic acids is 1. The number of thioether (sulfide) groups is 1. The third kappa shape index (κ3) is 3.74. The van der Waals surface area contributed by atoms with Crippen LogP contribution in [0.25, 0.3) is 6.08 Å². The van der Waals surface area contributed by atoms with Gasteiger partial charge in [0.05, 0.1) is 4.91 Å². The summed E-state index contributed by atoms with van der Waals surface area (Å²) >= 11 is 0.900. The van der Waals surface area contributed by atoms with E-state index in [0.29, 0.717) is 16.4 Å². The summed E-state index contributed by atoms with van der Waals surface area (Å²) in [5.41, 5.74) is 0.762. The van der Waals surface area contributed by atoms with Crippen molar-refractivity contribution >= 4 is 35.0 Å². The van der Waals surface area contributed by atoms with Crippen molar-refractivity contribution in [1.82, 2.24) is 4.90 Å². The van der Waals surface area contributed by atoms with Gasteiger partial charge >= 0.3 is 5.97 Å². The first kappa shape index (κ1) is 16.8. The van der Waals surface area contributed by atoms with E-state index in [0.717, 1.165) is 22.2 Å². The lowest BCUT2D eigenvalue weighted by Gasteiger charge is -2.05. The molecule has 0 bridgehead atoms. The number of likely N-dealkylation sites (N-methyl/N-ethyl adjacent to an activating group) is 1. The summed E-state index contributed by atoms with van der Waals surface area (Å²) in [6.45, 7) is 0.0986. The highest BCUT2D eigenvalue weighted by Gasteiger charge is 2.31. The Kier molecular flexibility index (Phi) is 4.62. The van der Waals surface area contributed by atoms with Crippen molar-refractivity contribution in [1.29, 1.82) is 0 Å². The van der Waals surface area contributed by atoms with Crippen LogP contribution in [0.5, 0.6) is 5.75 Å². The van der Waals surface area contributed by atoms with Crippen LogP contribution in [0, 0.1) is 0 Å². The van der Waals surface area contributed by atoms with E-state index < -0.39 is 5.97 Å². The third-order valence-electron chi connectivity index (χ3n) is 3.42. The summed E-state index contributed by atoms with van der Waals surface area (Å²) in [7, 11) is 1.44. The van der Waals surface area contributed by atoms with E-state index in [9.17, 15) is 14.4 Å². The second-order valence-electron chi connectivity index (χ2n) is 5.17. The van der Waals surface area contributed by atoms with Gasteiger partial charge in [-0.15, -0.1) is 0 Å². The van der Waals surface area contributed by atoms with Crippen molar-refractivity contribution < 1.29 is 28.6 Å². The van der Waals surface area contributed by atoms with Crippen LogP contribution in [-0.4, -0.2) is 34.2 Å². The Balaban J connectivity index is 1.63. The van der Waals surface area contributed by atoms with Crippen LogP contribution in [0.4, 0.5) is 4.79 Å². The largest absolute Gasteiger partial charge is 0.486 e. The number of ether oxygens (including phenoxy) is 1. The molecule has 1 N–H and O–H groups in total. The van der Waals surface area contributed by atoms with Crippen molar-refractivity contribution in [2.45, 2.75) is 6.61 Å². The number of hydrogen-bond acceptors (Lipinski definition) is 6. The molecule has 0 spiro atoms. The molecule has 3 rings (SSSR count). The second kappa shape index (κ2) is 6.86. The second-order valence-corrected chi connectivity index (χ2v) is 6.16. The molecule has 0 unspecified atom stereocenters. The predicted octanol–water partition coefficient (Wildman–Crippen LogP) is 3.22. The minimum absolute atomic E-state index is 0.0986. The first-order valence-electron chi connectivity index (χ1n) is 7.20. The van der Waals surface area contributed by atoms with Gasteiger partial charge in [-0.1, -0.05) is 12.1 Å². The summed E-state index contributed by atoms with van der Waals surface area (Å²) in [5.74, 6) is -0.625. The highest BCUT2D eigenvalue weighted by atomic mass is 32.2. The molecule has 0 radical (unpaired) electrons. The van der Waals surface area contributed by atoms with Gasteiger partial charge in [0.15, 0.2) is 0 Å². The molecular weight excluding hydrogens is 346 g/mol. The van der Waals surface area contributed by atoms with Gasteiger partial charge in [0, 0.05) is 7.05 Å². The van der Waals surface area contributed by atoms with Crippen LogP contribution in [-0.2, 0) is 11.4 Å². The molecule has 0 aliphatic carbocycles. The lowest BCUT2D eigenvalue weighted by atomic mass is 10.2. The molecule has 2 aromatic rings. The number of imide groups is 1. The molecule has 7 nitrogen and oxygen atoms in total. The highest BCUT2D eigenvalue weighted by Crippen LogP contribution is 2.31. The van der Waals surface area contributed by atoms with Gasteiger partial charge < -0.3 is 14.3 Å². The quantitative estimate of drug-likeness (QED) is 0.819. The van der Waals surface area contributed by atoms with Crippen molar-refractivity contribution in [2.75, 3.05) is 7.05 Å². The highest BCUT2D eigenvalue weighted by molar-refractivity contribution is 8.18. The van der Waals surface area contributed by atoms with E-state index in [4.69, 9.17) is 14.3 Å². The maximum atomic E-state index is 11.8. The van der Waals surface area contributed by atoms with E-state index >= 15 is 0 Å². The Morgan fingerprint density at radius 3 is 2.52 bits per heavy atom. The predicted molar refractivity (Wildman–Crippen MR) is 90.2 cm³/mol. The van der Waals surface area contributed by atoms with Gasteiger partial charge in [-0.3, -0.25) is 14.5 Å². The molecule has 1 aromatic carbocycles. The number of benzene rings is 1. The summed E-state index contributed by atoms with van der Waals surface area (Å²) in [4.78, 5) is 35.5. The van der Waals surface area contributed by atoms with Crippen molar-refractivity contribution in [2.24, 2.45) is 0 Å². The molecule has 0 saturated carbocycles. The van der Waals surface area contributed by atoms with E-state index in [2.05, 4.69) is 0 Å². The summed E-state index contributed by atoms with van der Waals surface area (Å²) in [6.07, 6.45) is 1.64. The fourth-order valence-corrected chi connectivity index (χ4v) is 2.91. The van der Waals surface area contributed by atoms with Gasteiger partial charge in [0.2, 0.25) is 5.76 Å². The van der Waals surface area contributed by atoms with E-state index in [-0.39, 0.29) is 23.5 Å². The SMILES string of the molecule is CN1C(=O)SC(=Cc2ccc(OCc3ccc(C(=O)O)o3)cc2)C1=O. The zero-order valence-electron chi connectivity index (χ0n) is 13.1. The van der Waals surface area contributed by atoms with E-state index in [1.54, 1.807) is 36.4 Å². The smallest absolute Gasteiger partial charge is 0.371 e. The Bertz CT molecular complexity index is 868. The number of aromatic carboxylic acids is 1. The molecule has 0 atom stereocenters. The third-order valence-corrected chi connectivity index (χ3v) is 4.38. The van der Waals surface area contributed by atoms with Crippen molar-refractivity contribution in [3.63, 3.8) is 0 Å². The van der Waals surface area contributed by atoms with Crippen LogP contribution in [0.2, 0.25) is 0 Å². The van der Waals surface area contributed by atoms with Gasteiger partial charge in [-0.2, -0.15) is 0 Å². The van der Waals surface area contributed by atoms with Gasteiger partial charge in [0.25, 0.3) is 11.1 Å². The standard InChI is InChI=1S/C17H13NO6S/c1-18-15(19)14(25-17(18)22)8-10-2-4-11(5-3-10)23-9-12-6-7-13(24-12)16(20)21/h2-8H,9H2,1H3,(H,20,21). The minimum Gasteiger partial charge on any atom is -0.486 e. The molecule has 128 valence electrons. The number of carboxylic acid groups (broad SMARTS) is 1. The summed E-state index contributed by atoms with van der Waals surface area (Å²) in [6, 6.07) is 9.84. The number of hydrogen-bond donors (Lipinski definition) is 1. The monoisotopic (exact) mass is 359 g/mol. The Morgan fingerprint density at radius 2 is 1.96 bits per heavy atom. The van der Waals surface area contributed by atoms with Crippen molar-refractivity contribution in [3.05, 3.63) is 58.4 Å². The van der Waals surface area contributed by atoms with Crippen LogP contribution >= 0.6 is 11.8 Å².